The highest BCUT2D eigenvalue weighted by Gasteiger charge is 2.27. The summed E-state index contributed by atoms with van der Waals surface area (Å²) in [7, 11) is 0. The van der Waals surface area contributed by atoms with Crippen LogP contribution in [0.25, 0.3) is 17.0 Å². The predicted octanol–water partition coefficient (Wildman–Crippen LogP) is 5.08. The molecule has 0 spiro atoms. The van der Waals surface area contributed by atoms with Crippen molar-refractivity contribution >= 4 is 28.7 Å². The second-order valence-electron chi connectivity index (χ2n) is 7.29. The molecule has 158 valence electrons. The molecule has 0 saturated heterocycles. The van der Waals surface area contributed by atoms with Crippen molar-refractivity contribution in [2.45, 2.75) is 6.10 Å². The molecule has 6 nitrogen and oxygen atoms in total. The van der Waals surface area contributed by atoms with Gasteiger partial charge in [0.15, 0.2) is 17.6 Å². The van der Waals surface area contributed by atoms with Gasteiger partial charge in [0.1, 0.15) is 0 Å². The maximum absolute atomic E-state index is 13.4. The average molecular weight is 425 g/mol. The summed E-state index contributed by atoms with van der Waals surface area (Å²) in [6.45, 7) is 0.180. The zero-order valence-corrected chi connectivity index (χ0v) is 17.0. The molecule has 0 saturated carbocycles. The minimum absolute atomic E-state index is 0.180. The number of esters is 1. The molecular weight excluding hydrogens is 406 g/mol. The van der Waals surface area contributed by atoms with E-state index >= 15 is 0 Å². The maximum atomic E-state index is 13.4. The van der Waals surface area contributed by atoms with Crippen LogP contribution in [-0.4, -0.2) is 23.5 Å². The first-order valence-electron chi connectivity index (χ1n) is 10.1. The number of Topliss-reactive ketones (excluding diaryl/α,β-unsaturated/α-hetero) is 1. The molecule has 5 rings (SSSR count). The highest BCUT2D eigenvalue weighted by Crippen LogP contribution is 2.33. The molecule has 1 aromatic heterocycles. The van der Waals surface area contributed by atoms with E-state index < -0.39 is 12.1 Å². The zero-order valence-electron chi connectivity index (χ0n) is 17.0. The lowest BCUT2D eigenvalue weighted by atomic mass is 9.99. The minimum Gasteiger partial charge on any atom is -0.454 e. The number of ether oxygens (including phenoxy) is 3. The monoisotopic (exact) mass is 425 g/mol. The summed E-state index contributed by atoms with van der Waals surface area (Å²) < 4.78 is 16.3. The smallest absolute Gasteiger partial charge is 0.331 e. The van der Waals surface area contributed by atoms with E-state index in [1.54, 1.807) is 48.7 Å². The van der Waals surface area contributed by atoms with E-state index in [9.17, 15) is 9.59 Å². The molecular formula is C26H19NO5. The molecule has 3 aromatic carbocycles. The van der Waals surface area contributed by atoms with Crippen LogP contribution in [-0.2, 0) is 9.53 Å². The molecule has 1 N–H and O–H groups in total. The summed E-state index contributed by atoms with van der Waals surface area (Å²) in [4.78, 5) is 29.2. The number of nitrogens with one attached hydrogen (secondary N) is 1. The van der Waals surface area contributed by atoms with Crippen molar-refractivity contribution in [2.75, 3.05) is 6.79 Å². The Labute approximate surface area is 184 Å². The molecule has 32 heavy (non-hydrogen) atoms. The number of aromatic amines is 1. The number of carbonyl (C=O) groups excluding carboxylic acids is 2. The Hall–Kier alpha value is -4.32. The van der Waals surface area contributed by atoms with Crippen molar-refractivity contribution in [3.63, 3.8) is 0 Å². The van der Waals surface area contributed by atoms with Crippen LogP contribution in [0.3, 0.4) is 0 Å². The number of rotatable bonds is 6. The fraction of sp³-hybridized carbons (Fsp3) is 0.0769. The summed E-state index contributed by atoms with van der Waals surface area (Å²) in [5.74, 6) is 0.374. The molecule has 0 fully saturated rings. The number of hydrogen-bond donors (Lipinski definition) is 1. The fourth-order valence-electron chi connectivity index (χ4n) is 3.65. The highest BCUT2D eigenvalue weighted by atomic mass is 16.7. The molecule has 6 heteroatoms. The molecule has 1 atom stereocenters. The number of para-hydroxylation sites is 1. The predicted molar refractivity (Wildman–Crippen MR) is 120 cm³/mol. The van der Waals surface area contributed by atoms with E-state index in [0.717, 1.165) is 16.5 Å². The Kier molecular flexibility index (Phi) is 5.17. The summed E-state index contributed by atoms with van der Waals surface area (Å²) >= 11 is 0. The largest absolute Gasteiger partial charge is 0.454 e. The van der Waals surface area contributed by atoms with Crippen molar-refractivity contribution < 1.29 is 23.8 Å². The lowest BCUT2D eigenvalue weighted by molar-refractivity contribution is -0.141. The number of H-pyrrole nitrogens is 1. The third-order valence-corrected chi connectivity index (χ3v) is 5.24. The van der Waals surface area contributed by atoms with Crippen LogP contribution in [0.15, 0.2) is 85.1 Å². The van der Waals surface area contributed by atoms with Crippen LogP contribution >= 0.6 is 0 Å². The number of hydrogen-bond acceptors (Lipinski definition) is 5. The number of carbonyl (C=O) groups is 2. The van der Waals surface area contributed by atoms with Crippen LogP contribution in [0.5, 0.6) is 11.5 Å². The van der Waals surface area contributed by atoms with Gasteiger partial charge in [0, 0.05) is 34.3 Å². The molecule has 0 amide bonds. The third-order valence-electron chi connectivity index (χ3n) is 5.24. The molecule has 2 heterocycles. The van der Waals surface area contributed by atoms with E-state index in [-0.39, 0.29) is 12.6 Å². The Morgan fingerprint density at radius 1 is 0.938 bits per heavy atom. The maximum Gasteiger partial charge on any atom is 0.331 e. The number of ketones is 1. The Morgan fingerprint density at radius 3 is 2.59 bits per heavy atom. The quantitative estimate of drug-likeness (QED) is 0.265. The summed E-state index contributed by atoms with van der Waals surface area (Å²) in [5, 5.41) is 0.783. The van der Waals surface area contributed by atoms with Gasteiger partial charge in [0.2, 0.25) is 12.6 Å². The topological polar surface area (TPSA) is 77.6 Å². The Bertz CT molecular complexity index is 1320. The number of benzene rings is 3. The zero-order chi connectivity index (χ0) is 21.9. The van der Waals surface area contributed by atoms with Gasteiger partial charge in [0.25, 0.3) is 0 Å². The minimum atomic E-state index is -1.07. The number of aromatic nitrogens is 1. The van der Waals surface area contributed by atoms with Gasteiger partial charge < -0.3 is 19.2 Å². The second kappa shape index (κ2) is 8.43. The first-order valence-corrected chi connectivity index (χ1v) is 10.1. The standard InChI is InChI=1S/C26H19NO5/c28-24(13-11-17-10-12-22-23(14-17)31-16-30-22)32-26(18-6-2-1-3-7-18)25(29)20-15-27-21-9-5-4-8-19(20)21/h1-15,26-27H,16H2. The highest BCUT2D eigenvalue weighted by molar-refractivity contribution is 6.10. The van der Waals surface area contributed by atoms with Crippen LogP contribution in [0.1, 0.15) is 27.6 Å². The summed E-state index contributed by atoms with van der Waals surface area (Å²) in [6.07, 6.45) is 3.50. The summed E-state index contributed by atoms with van der Waals surface area (Å²) in [6, 6.07) is 21.9. The van der Waals surface area contributed by atoms with Gasteiger partial charge in [-0.2, -0.15) is 0 Å². The molecule has 0 aliphatic carbocycles. The van der Waals surface area contributed by atoms with Gasteiger partial charge in [-0.3, -0.25) is 4.79 Å². The van der Waals surface area contributed by atoms with Crippen LogP contribution in [0.2, 0.25) is 0 Å². The van der Waals surface area contributed by atoms with Crippen molar-refractivity contribution in [1.29, 1.82) is 0 Å². The fourth-order valence-corrected chi connectivity index (χ4v) is 3.65. The van der Waals surface area contributed by atoms with Crippen molar-refractivity contribution in [3.8, 4) is 11.5 Å². The van der Waals surface area contributed by atoms with Crippen molar-refractivity contribution in [2.24, 2.45) is 0 Å². The van der Waals surface area contributed by atoms with Crippen molar-refractivity contribution in [3.05, 3.63) is 102 Å². The molecule has 1 aliphatic heterocycles. The van der Waals surface area contributed by atoms with Crippen LogP contribution in [0, 0.1) is 0 Å². The lowest BCUT2D eigenvalue weighted by Crippen LogP contribution is -2.19. The van der Waals surface area contributed by atoms with E-state index in [4.69, 9.17) is 14.2 Å². The van der Waals surface area contributed by atoms with Gasteiger partial charge in [-0.25, -0.2) is 4.79 Å². The lowest BCUT2D eigenvalue weighted by Gasteiger charge is -2.16. The van der Waals surface area contributed by atoms with E-state index in [2.05, 4.69) is 4.98 Å². The normalized spacial score (nSPS) is 13.4. The SMILES string of the molecule is O=C(C=Cc1ccc2c(c1)OCO2)OC(C(=O)c1c[nH]c2ccccc12)c1ccccc1. The second-order valence-corrected chi connectivity index (χ2v) is 7.29. The first kappa shape index (κ1) is 19.6. The van der Waals surface area contributed by atoms with Gasteiger partial charge in [-0.15, -0.1) is 0 Å². The van der Waals surface area contributed by atoms with Gasteiger partial charge in [-0.1, -0.05) is 54.6 Å². The van der Waals surface area contributed by atoms with E-state index in [1.165, 1.54) is 6.08 Å². The first-order chi connectivity index (χ1) is 15.7. The summed E-state index contributed by atoms with van der Waals surface area (Å²) in [5.41, 5.74) is 2.68. The molecule has 1 unspecified atom stereocenters. The van der Waals surface area contributed by atoms with Gasteiger partial charge in [0.05, 0.1) is 0 Å². The molecule has 0 bridgehead atoms. The molecule has 4 aromatic rings. The van der Waals surface area contributed by atoms with E-state index in [1.807, 2.05) is 36.4 Å². The van der Waals surface area contributed by atoms with Gasteiger partial charge >= 0.3 is 5.97 Å². The Balaban J connectivity index is 1.40. The molecule has 0 radical (unpaired) electrons. The van der Waals surface area contributed by atoms with Gasteiger partial charge in [-0.05, 0) is 29.8 Å². The van der Waals surface area contributed by atoms with Crippen LogP contribution in [0.4, 0.5) is 0 Å². The molecule has 1 aliphatic rings. The number of fused-ring (bicyclic) bond motifs is 2. The van der Waals surface area contributed by atoms with Crippen LogP contribution < -0.4 is 9.47 Å². The van der Waals surface area contributed by atoms with Crippen molar-refractivity contribution in [1.82, 2.24) is 4.98 Å². The third kappa shape index (κ3) is 3.86. The van der Waals surface area contributed by atoms with E-state index in [0.29, 0.717) is 22.6 Å². The average Bonchev–Trinajstić information content (AvgIpc) is 3.48. The Morgan fingerprint density at radius 2 is 1.72 bits per heavy atom.